The zero-order chi connectivity index (χ0) is 23.8. The average molecular weight is 460 g/mol. The Balaban J connectivity index is 1.49. The number of benzene rings is 1. The van der Waals surface area contributed by atoms with E-state index in [4.69, 9.17) is 11.0 Å². The molecular formula is C22H23F3N6O2. The van der Waals surface area contributed by atoms with Gasteiger partial charge in [0.1, 0.15) is 0 Å². The van der Waals surface area contributed by atoms with Crippen LogP contribution in [-0.4, -0.2) is 53.1 Å². The minimum absolute atomic E-state index is 0.112. The molecule has 8 nitrogen and oxygen atoms in total. The van der Waals surface area contributed by atoms with Crippen molar-refractivity contribution in [3.05, 3.63) is 47.3 Å². The topological polar surface area (TPSA) is 119 Å². The van der Waals surface area contributed by atoms with Crippen molar-refractivity contribution in [1.29, 1.82) is 5.26 Å². The molecule has 2 fully saturated rings. The lowest BCUT2D eigenvalue weighted by Gasteiger charge is -2.36. The van der Waals surface area contributed by atoms with Crippen molar-refractivity contribution < 1.29 is 22.8 Å². The van der Waals surface area contributed by atoms with Gasteiger partial charge >= 0.3 is 6.18 Å². The van der Waals surface area contributed by atoms with E-state index >= 15 is 0 Å². The highest BCUT2D eigenvalue weighted by Gasteiger charge is 2.43. The van der Waals surface area contributed by atoms with Gasteiger partial charge in [-0.3, -0.25) is 14.7 Å². The van der Waals surface area contributed by atoms with E-state index in [1.807, 2.05) is 0 Å². The molecule has 0 bridgehead atoms. The van der Waals surface area contributed by atoms with E-state index in [0.29, 0.717) is 43.7 Å². The van der Waals surface area contributed by atoms with Crippen molar-refractivity contribution >= 4 is 17.5 Å². The standard InChI is InChI=1S/C22H23F3N6O2/c23-22(24,25)19-7-16(2-1-14(19)8-26)31-11-17(18(12-31)20(27)32)13-3-5-30(6-4-13)21(33)15-9-28-29-10-15/h1-2,7,9-10,13,17-18H,3-6,11-12H2,(H2,27,32)(H,28,29)/t17-,18+/m0/s1. The first-order chi connectivity index (χ1) is 15.7. The molecule has 0 unspecified atom stereocenters. The number of likely N-dealkylation sites (tertiary alicyclic amines) is 1. The van der Waals surface area contributed by atoms with E-state index < -0.39 is 29.1 Å². The SMILES string of the molecule is N#Cc1ccc(N2C[C@@H](C(N)=O)[C@H](C3CCN(C(=O)c4cn[nH]c4)CC3)C2)cc1C(F)(F)F. The molecule has 3 heterocycles. The van der Waals surface area contributed by atoms with Crippen LogP contribution in [-0.2, 0) is 11.0 Å². The summed E-state index contributed by atoms with van der Waals surface area (Å²) in [5.41, 5.74) is 5.01. The van der Waals surface area contributed by atoms with Gasteiger partial charge in [0, 0.05) is 38.1 Å². The Bertz CT molecular complexity index is 1070. The number of hydrogen-bond donors (Lipinski definition) is 2. The van der Waals surface area contributed by atoms with Gasteiger partial charge < -0.3 is 15.5 Å². The van der Waals surface area contributed by atoms with Gasteiger partial charge in [-0.25, -0.2) is 0 Å². The van der Waals surface area contributed by atoms with Crippen LogP contribution in [0.2, 0.25) is 0 Å². The maximum absolute atomic E-state index is 13.4. The van der Waals surface area contributed by atoms with Gasteiger partial charge in [0.15, 0.2) is 0 Å². The molecule has 2 saturated heterocycles. The first-order valence-electron chi connectivity index (χ1n) is 10.6. The Morgan fingerprint density at radius 3 is 2.52 bits per heavy atom. The summed E-state index contributed by atoms with van der Waals surface area (Å²) in [5.74, 6) is -1.11. The zero-order valence-electron chi connectivity index (χ0n) is 17.7. The summed E-state index contributed by atoms with van der Waals surface area (Å²) >= 11 is 0. The minimum Gasteiger partial charge on any atom is -0.370 e. The number of primary amides is 1. The predicted molar refractivity (Wildman–Crippen MR) is 112 cm³/mol. The lowest BCUT2D eigenvalue weighted by Crippen LogP contribution is -2.42. The largest absolute Gasteiger partial charge is 0.417 e. The molecule has 0 aliphatic carbocycles. The van der Waals surface area contributed by atoms with E-state index in [2.05, 4.69) is 10.2 Å². The van der Waals surface area contributed by atoms with Gasteiger partial charge in [-0.15, -0.1) is 0 Å². The molecule has 11 heteroatoms. The maximum Gasteiger partial charge on any atom is 0.417 e. The zero-order valence-corrected chi connectivity index (χ0v) is 17.7. The molecule has 1 aromatic carbocycles. The Morgan fingerprint density at radius 1 is 1.21 bits per heavy atom. The van der Waals surface area contributed by atoms with Crippen LogP contribution in [0, 0.1) is 29.1 Å². The highest BCUT2D eigenvalue weighted by Crippen LogP contribution is 2.40. The van der Waals surface area contributed by atoms with Crippen molar-refractivity contribution in [2.45, 2.75) is 19.0 Å². The number of aromatic amines is 1. The molecule has 0 spiro atoms. The summed E-state index contributed by atoms with van der Waals surface area (Å²) < 4.78 is 40.2. The normalized spacial score (nSPS) is 21.8. The Kier molecular flexibility index (Phi) is 6.01. The minimum atomic E-state index is -4.66. The van der Waals surface area contributed by atoms with Crippen LogP contribution < -0.4 is 10.6 Å². The average Bonchev–Trinajstić information content (AvgIpc) is 3.48. The molecule has 33 heavy (non-hydrogen) atoms. The molecular weight excluding hydrogens is 437 g/mol. The van der Waals surface area contributed by atoms with Gasteiger partial charge in [-0.05, 0) is 42.9 Å². The number of nitrogens with two attached hydrogens (primary N) is 1. The Morgan fingerprint density at radius 2 is 1.94 bits per heavy atom. The molecule has 0 radical (unpaired) electrons. The fraction of sp³-hybridized carbons (Fsp3) is 0.455. The number of anilines is 1. The van der Waals surface area contributed by atoms with Gasteiger partial charge in [0.2, 0.25) is 5.91 Å². The smallest absolute Gasteiger partial charge is 0.370 e. The second-order valence-electron chi connectivity index (χ2n) is 8.53. The molecule has 2 atom stereocenters. The number of aromatic nitrogens is 2. The third-order valence-electron chi connectivity index (χ3n) is 6.70. The molecule has 2 aromatic rings. The molecule has 174 valence electrons. The number of carbonyl (C=O) groups is 2. The molecule has 1 aromatic heterocycles. The number of amides is 2. The van der Waals surface area contributed by atoms with Crippen LogP contribution >= 0.6 is 0 Å². The van der Waals surface area contributed by atoms with E-state index in [0.717, 1.165) is 12.1 Å². The lowest BCUT2D eigenvalue weighted by molar-refractivity contribution is -0.137. The number of alkyl halides is 3. The molecule has 3 N–H and O–H groups in total. The van der Waals surface area contributed by atoms with E-state index in [9.17, 15) is 22.8 Å². The molecule has 0 saturated carbocycles. The quantitative estimate of drug-likeness (QED) is 0.726. The van der Waals surface area contributed by atoms with Crippen LogP contribution in [0.1, 0.15) is 34.3 Å². The number of nitrogens with zero attached hydrogens (tertiary/aromatic N) is 4. The fourth-order valence-electron chi connectivity index (χ4n) is 4.96. The summed E-state index contributed by atoms with van der Waals surface area (Å²) in [6, 6.07) is 5.17. The van der Waals surface area contributed by atoms with Gasteiger partial charge in [0.05, 0.1) is 34.9 Å². The fourth-order valence-corrected chi connectivity index (χ4v) is 4.96. The van der Waals surface area contributed by atoms with Crippen molar-refractivity contribution in [2.24, 2.45) is 23.5 Å². The van der Waals surface area contributed by atoms with Crippen LogP contribution in [0.25, 0.3) is 0 Å². The second kappa shape index (κ2) is 8.77. The number of piperidine rings is 1. The molecule has 4 rings (SSSR count). The number of nitrogens with one attached hydrogen (secondary N) is 1. The number of hydrogen-bond acceptors (Lipinski definition) is 5. The number of halogens is 3. The summed E-state index contributed by atoms with van der Waals surface area (Å²) in [5, 5.41) is 15.4. The van der Waals surface area contributed by atoms with Gasteiger partial charge in [0.25, 0.3) is 5.91 Å². The predicted octanol–water partition coefficient (Wildman–Crippen LogP) is 2.39. The molecule has 2 aliphatic rings. The third kappa shape index (κ3) is 4.51. The van der Waals surface area contributed by atoms with Crippen molar-refractivity contribution in [2.75, 3.05) is 31.1 Å². The van der Waals surface area contributed by atoms with Crippen LogP contribution in [0.5, 0.6) is 0 Å². The highest BCUT2D eigenvalue weighted by atomic mass is 19.4. The van der Waals surface area contributed by atoms with Crippen LogP contribution in [0.4, 0.5) is 18.9 Å². The number of carbonyl (C=O) groups excluding carboxylic acids is 2. The molecule has 2 amide bonds. The highest BCUT2D eigenvalue weighted by molar-refractivity contribution is 5.93. The lowest BCUT2D eigenvalue weighted by atomic mass is 9.78. The van der Waals surface area contributed by atoms with E-state index in [1.165, 1.54) is 12.3 Å². The number of H-pyrrole nitrogens is 1. The van der Waals surface area contributed by atoms with Crippen molar-refractivity contribution in [3.63, 3.8) is 0 Å². The molecule has 2 aliphatic heterocycles. The maximum atomic E-state index is 13.4. The summed E-state index contributed by atoms with van der Waals surface area (Å²) in [4.78, 5) is 28.2. The third-order valence-corrected chi connectivity index (χ3v) is 6.70. The van der Waals surface area contributed by atoms with E-state index in [-0.39, 0.29) is 24.3 Å². The van der Waals surface area contributed by atoms with Crippen molar-refractivity contribution in [1.82, 2.24) is 15.1 Å². The van der Waals surface area contributed by atoms with Crippen LogP contribution in [0.3, 0.4) is 0 Å². The van der Waals surface area contributed by atoms with E-state index in [1.54, 1.807) is 22.1 Å². The Labute approximate surface area is 188 Å². The van der Waals surface area contributed by atoms with Crippen molar-refractivity contribution in [3.8, 4) is 6.07 Å². The summed E-state index contributed by atoms with van der Waals surface area (Å²) in [6.45, 7) is 1.64. The first kappa shape index (κ1) is 22.6. The second-order valence-corrected chi connectivity index (χ2v) is 8.53. The first-order valence-corrected chi connectivity index (χ1v) is 10.6. The number of nitriles is 1. The van der Waals surface area contributed by atoms with Gasteiger partial charge in [-0.2, -0.15) is 23.5 Å². The van der Waals surface area contributed by atoms with Crippen LogP contribution in [0.15, 0.2) is 30.6 Å². The monoisotopic (exact) mass is 460 g/mol. The summed E-state index contributed by atoms with van der Waals surface area (Å²) in [7, 11) is 0. The number of rotatable bonds is 4. The van der Waals surface area contributed by atoms with Gasteiger partial charge in [-0.1, -0.05) is 0 Å². The summed E-state index contributed by atoms with van der Waals surface area (Å²) in [6.07, 6.45) is -0.296. The Hall–Kier alpha value is -3.55.